The van der Waals surface area contributed by atoms with Crippen molar-refractivity contribution in [3.8, 4) is 0 Å². The van der Waals surface area contributed by atoms with Crippen LogP contribution in [0.2, 0.25) is 10.0 Å². The van der Waals surface area contributed by atoms with Gasteiger partial charge in [0.15, 0.2) is 5.72 Å². The number of hydrazone groups is 1. The van der Waals surface area contributed by atoms with Crippen LogP contribution >= 0.6 is 23.2 Å². The van der Waals surface area contributed by atoms with Gasteiger partial charge in [0.05, 0.1) is 6.42 Å². The van der Waals surface area contributed by atoms with Crippen molar-refractivity contribution in [2.75, 3.05) is 0 Å². The molecule has 0 spiro atoms. The molecule has 1 amide bonds. The van der Waals surface area contributed by atoms with Gasteiger partial charge in [0.25, 0.3) is 5.91 Å². The Morgan fingerprint density at radius 3 is 2.04 bits per heavy atom. The van der Waals surface area contributed by atoms with E-state index in [-0.39, 0.29) is 11.1 Å². The molecule has 136 valence electrons. The van der Waals surface area contributed by atoms with Crippen LogP contribution in [0.25, 0.3) is 0 Å². The van der Waals surface area contributed by atoms with Gasteiger partial charge in [-0.1, -0.05) is 35.3 Å². The van der Waals surface area contributed by atoms with Crippen LogP contribution in [0, 0.1) is 0 Å². The monoisotopic (exact) mass is 402 g/mol. The summed E-state index contributed by atoms with van der Waals surface area (Å²) in [5, 5.41) is 15.5. The van der Waals surface area contributed by atoms with E-state index >= 15 is 0 Å². The number of benzene rings is 2. The Bertz CT molecular complexity index is 867. The molecule has 0 aromatic heterocycles. The maximum absolute atomic E-state index is 13.2. The van der Waals surface area contributed by atoms with Crippen LogP contribution in [0.1, 0.15) is 22.3 Å². The minimum atomic E-state index is -4.78. The zero-order valence-electron chi connectivity index (χ0n) is 13.0. The van der Waals surface area contributed by atoms with E-state index in [9.17, 15) is 23.1 Å². The number of amides is 1. The predicted octanol–water partition coefficient (Wildman–Crippen LogP) is 4.60. The fraction of sp³-hybridized carbons (Fsp3) is 0.176. The summed E-state index contributed by atoms with van der Waals surface area (Å²) in [6.45, 7) is 0. The molecule has 0 saturated heterocycles. The first-order valence-electron chi connectivity index (χ1n) is 7.34. The lowest BCUT2D eigenvalue weighted by atomic mass is 9.96. The van der Waals surface area contributed by atoms with Crippen molar-refractivity contribution in [2.45, 2.75) is 18.3 Å². The van der Waals surface area contributed by atoms with E-state index in [1.54, 1.807) is 0 Å². The molecule has 2 aromatic rings. The summed E-state index contributed by atoms with van der Waals surface area (Å²) < 4.78 is 39.5. The van der Waals surface area contributed by atoms with Crippen LogP contribution in [0.15, 0.2) is 53.6 Å². The van der Waals surface area contributed by atoms with Crippen molar-refractivity contribution < 1.29 is 23.1 Å². The van der Waals surface area contributed by atoms with Crippen LogP contribution in [-0.2, 0) is 5.72 Å². The lowest BCUT2D eigenvalue weighted by Crippen LogP contribution is -2.43. The van der Waals surface area contributed by atoms with E-state index in [1.807, 2.05) is 0 Å². The van der Waals surface area contributed by atoms with E-state index in [2.05, 4.69) is 5.10 Å². The summed E-state index contributed by atoms with van der Waals surface area (Å²) in [4.78, 5) is 12.7. The Balaban J connectivity index is 2.06. The molecule has 0 bridgehead atoms. The average Bonchev–Trinajstić information content (AvgIpc) is 2.94. The van der Waals surface area contributed by atoms with Gasteiger partial charge in [-0.05, 0) is 36.4 Å². The van der Waals surface area contributed by atoms with E-state index < -0.39 is 29.9 Å². The molecular formula is C17H11Cl2F3N2O2. The van der Waals surface area contributed by atoms with Crippen LogP contribution in [0.5, 0.6) is 0 Å². The maximum atomic E-state index is 13.2. The van der Waals surface area contributed by atoms with Crippen molar-refractivity contribution >= 4 is 34.8 Å². The Kier molecular flexibility index (Phi) is 4.72. The molecular weight excluding hydrogens is 392 g/mol. The molecule has 0 saturated carbocycles. The smallest absolute Gasteiger partial charge is 0.365 e. The Morgan fingerprint density at radius 2 is 1.54 bits per heavy atom. The maximum Gasteiger partial charge on any atom is 0.431 e. The van der Waals surface area contributed by atoms with Gasteiger partial charge in [-0.3, -0.25) is 4.79 Å². The lowest BCUT2D eigenvalue weighted by Gasteiger charge is -2.31. The summed E-state index contributed by atoms with van der Waals surface area (Å²) in [5.74, 6) is -0.890. The van der Waals surface area contributed by atoms with Gasteiger partial charge in [-0.25, -0.2) is 0 Å². The van der Waals surface area contributed by atoms with Gasteiger partial charge in [-0.2, -0.15) is 23.3 Å². The third-order valence-electron chi connectivity index (χ3n) is 3.90. The van der Waals surface area contributed by atoms with Gasteiger partial charge in [-0.15, -0.1) is 0 Å². The van der Waals surface area contributed by atoms with Gasteiger partial charge < -0.3 is 5.11 Å². The fourth-order valence-corrected chi connectivity index (χ4v) is 2.83. The Labute approximate surface area is 156 Å². The zero-order valence-corrected chi connectivity index (χ0v) is 14.5. The van der Waals surface area contributed by atoms with Gasteiger partial charge in [0.2, 0.25) is 0 Å². The van der Waals surface area contributed by atoms with E-state index in [4.69, 9.17) is 23.2 Å². The number of hydrogen-bond donors (Lipinski definition) is 1. The van der Waals surface area contributed by atoms with Crippen molar-refractivity contribution in [2.24, 2.45) is 5.10 Å². The first-order valence-corrected chi connectivity index (χ1v) is 8.10. The lowest BCUT2D eigenvalue weighted by molar-refractivity contribution is -0.0816. The van der Waals surface area contributed by atoms with Crippen molar-refractivity contribution in [1.82, 2.24) is 5.01 Å². The molecule has 0 aliphatic carbocycles. The van der Waals surface area contributed by atoms with Crippen LogP contribution in [0.4, 0.5) is 13.2 Å². The molecule has 1 unspecified atom stereocenters. The summed E-state index contributed by atoms with van der Waals surface area (Å²) in [5.41, 5.74) is -3.44. The van der Waals surface area contributed by atoms with Crippen molar-refractivity contribution in [3.05, 3.63) is 69.7 Å². The summed E-state index contributed by atoms with van der Waals surface area (Å²) in [6, 6.07) is 11.0. The number of carbonyl (C=O) groups is 1. The third-order valence-corrected chi connectivity index (χ3v) is 4.41. The van der Waals surface area contributed by atoms with Crippen molar-refractivity contribution in [3.63, 3.8) is 0 Å². The number of halogens is 5. The molecule has 1 N–H and O–H groups in total. The molecule has 1 aliphatic heterocycles. The van der Waals surface area contributed by atoms with E-state index in [0.29, 0.717) is 15.1 Å². The second kappa shape index (κ2) is 6.57. The average molecular weight is 403 g/mol. The highest BCUT2D eigenvalue weighted by molar-refractivity contribution is 6.30. The summed E-state index contributed by atoms with van der Waals surface area (Å²) >= 11 is 11.6. The molecule has 1 heterocycles. The van der Waals surface area contributed by atoms with Gasteiger partial charge in [0, 0.05) is 21.2 Å². The number of nitrogens with zero attached hydrogens (tertiary/aromatic N) is 2. The fourth-order valence-electron chi connectivity index (χ4n) is 2.57. The second-order valence-electron chi connectivity index (χ2n) is 5.67. The molecule has 2 aromatic carbocycles. The molecule has 4 nitrogen and oxygen atoms in total. The topological polar surface area (TPSA) is 52.9 Å². The Hall–Kier alpha value is -2.09. The quantitative estimate of drug-likeness (QED) is 0.797. The SMILES string of the molecule is O=C(c1ccc(Cl)cc1)N1N=C(C(F)(F)F)CC1(O)c1ccc(Cl)cc1. The number of hydrogen-bond acceptors (Lipinski definition) is 3. The summed E-state index contributed by atoms with van der Waals surface area (Å²) in [7, 11) is 0. The van der Waals surface area contributed by atoms with E-state index in [1.165, 1.54) is 48.5 Å². The van der Waals surface area contributed by atoms with Crippen LogP contribution in [-0.4, -0.2) is 27.9 Å². The predicted molar refractivity (Wildman–Crippen MR) is 91.1 cm³/mol. The summed E-state index contributed by atoms with van der Waals surface area (Å²) in [6.07, 6.45) is -5.67. The molecule has 1 aliphatic rings. The molecule has 26 heavy (non-hydrogen) atoms. The highest BCUT2D eigenvalue weighted by Crippen LogP contribution is 2.40. The normalized spacial score (nSPS) is 20.2. The number of rotatable bonds is 2. The molecule has 0 fully saturated rings. The largest absolute Gasteiger partial charge is 0.431 e. The number of alkyl halides is 3. The standard InChI is InChI=1S/C17H11Cl2F3N2O2/c18-12-5-1-10(2-6-12)15(25)24-16(26,9-14(23-24)17(20,21)22)11-3-7-13(19)8-4-11/h1-8,26H,9H2. The Morgan fingerprint density at radius 1 is 1.04 bits per heavy atom. The highest BCUT2D eigenvalue weighted by atomic mass is 35.5. The molecule has 0 radical (unpaired) electrons. The third kappa shape index (κ3) is 3.42. The van der Waals surface area contributed by atoms with Crippen LogP contribution in [0.3, 0.4) is 0 Å². The zero-order chi connectivity index (χ0) is 19.1. The minimum absolute atomic E-state index is 0.0361. The molecule has 3 rings (SSSR count). The minimum Gasteiger partial charge on any atom is -0.365 e. The second-order valence-corrected chi connectivity index (χ2v) is 6.54. The van der Waals surface area contributed by atoms with Crippen molar-refractivity contribution in [1.29, 1.82) is 0 Å². The number of aliphatic hydroxyl groups is 1. The molecule has 1 atom stereocenters. The van der Waals surface area contributed by atoms with Crippen LogP contribution < -0.4 is 0 Å². The number of carbonyl (C=O) groups excluding carboxylic acids is 1. The molecule has 9 heteroatoms. The van der Waals surface area contributed by atoms with Gasteiger partial charge >= 0.3 is 6.18 Å². The first kappa shape index (κ1) is 18.7. The van der Waals surface area contributed by atoms with E-state index in [0.717, 1.165) is 0 Å². The van der Waals surface area contributed by atoms with Gasteiger partial charge in [0.1, 0.15) is 5.71 Å². The highest BCUT2D eigenvalue weighted by Gasteiger charge is 2.53. The first-order chi connectivity index (χ1) is 12.1.